The fourth-order valence-corrected chi connectivity index (χ4v) is 4.72. The van der Waals surface area contributed by atoms with E-state index in [-0.39, 0.29) is 0 Å². The maximum absolute atomic E-state index is 2.81. The summed E-state index contributed by atoms with van der Waals surface area (Å²) < 4.78 is 2.81. The molecule has 15 heavy (non-hydrogen) atoms. The van der Waals surface area contributed by atoms with Crippen LogP contribution in [0.5, 0.6) is 0 Å². The van der Waals surface area contributed by atoms with Crippen molar-refractivity contribution in [3.8, 4) is 0 Å². The molecule has 2 aliphatic rings. The SMILES string of the molecule is C[I-]N1CCN(C(C)C)CC1C1CC1C. The molecule has 2 rings (SSSR count). The summed E-state index contributed by atoms with van der Waals surface area (Å²) in [6.07, 6.45) is 1.48. The van der Waals surface area contributed by atoms with Crippen molar-refractivity contribution in [2.45, 2.75) is 39.3 Å². The topological polar surface area (TPSA) is 6.48 Å². The molecule has 0 aromatic carbocycles. The molecule has 2 nitrogen and oxygen atoms in total. The van der Waals surface area contributed by atoms with Crippen molar-refractivity contribution < 1.29 is 21.5 Å². The number of hydrogen-bond acceptors (Lipinski definition) is 2. The summed E-state index contributed by atoms with van der Waals surface area (Å²) in [5.41, 5.74) is 0. The van der Waals surface area contributed by atoms with Crippen LogP contribution < -0.4 is 21.5 Å². The Morgan fingerprint density at radius 3 is 2.40 bits per heavy atom. The molecule has 0 bridgehead atoms. The molecule has 3 unspecified atom stereocenters. The Bertz CT molecular complexity index is 220. The summed E-state index contributed by atoms with van der Waals surface area (Å²) >= 11 is 0.300. The van der Waals surface area contributed by atoms with Gasteiger partial charge in [0.05, 0.1) is 0 Å². The predicted molar refractivity (Wildman–Crippen MR) is 60.4 cm³/mol. The van der Waals surface area contributed by atoms with E-state index < -0.39 is 0 Å². The van der Waals surface area contributed by atoms with Gasteiger partial charge in [-0.3, -0.25) is 0 Å². The van der Waals surface area contributed by atoms with Gasteiger partial charge in [-0.2, -0.15) is 0 Å². The number of alkyl halides is 1. The fourth-order valence-electron chi connectivity index (χ4n) is 2.72. The normalized spacial score (nSPS) is 38.9. The molecule has 1 saturated heterocycles. The number of piperazine rings is 1. The molecular formula is C12H24IN2-. The van der Waals surface area contributed by atoms with Crippen molar-refractivity contribution in [3.05, 3.63) is 0 Å². The minimum absolute atomic E-state index is 0.300. The predicted octanol–water partition coefficient (Wildman–Crippen LogP) is -1.33. The van der Waals surface area contributed by atoms with Crippen molar-refractivity contribution in [3.63, 3.8) is 0 Å². The van der Waals surface area contributed by atoms with E-state index in [1.54, 1.807) is 0 Å². The molecule has 1 aliphatic heterocycles. The van der Waals surface area contributed by atoms with E-state index >= 15 is 0 Å². The molecule has 0 radical (unpaired) electrons. The third kappa shape index (κ3) is 2.67. The summed E-state index contributed by atoms with van der Waals surface area (Å²) in [7, 11) is 0. The van der Waals surface area contributed by atoms with Crippen molar-refractivity contribution in [2.24, 2.45) is 11.8 Å². The first-order valence-corrected chi connectivity index (χ1v) is 9.26. The molecule has 1 heterocycles. The monoisotopic (exact) mass is 323 g/mol. The zero-order valence-electron chi connectivity index (χ0n) is 10.4. The molecule has 2 fully saturated rings. The van der Waals surface area contributed by atoms with E-state index in [1.807, 2.05) is 0 Å². The van der Waals surface area contributed by atoms with Gasteiger partial charge in [0.1, 0.15) is 0 Å². The third-order valence-corrected chi connectivity index (χ3v) is 6.43. The second-order valence-electron chi connectivity index (χ2n) is 5.33. The quantitative estimate of drug-likeness (QED) is 0.361. The molecule has 3 heteroatoms. The summed E-state index contributed by atoms with van der Waals surface area (Å²) in [6, 6.07) is 1.63. The van der Waals surface area contributed by atoms with Crippen LogP contribution in [0.4, 0.5) is 0 Å². The van der Waals surface area contributed by atoms with Crippen LogP contribution in [0.3, 0.4) is 0 Å². The average molecular weight is 323 g/mol. The van der Waals surface area contributed by atoms with Crippen LogP contribution in [-0.4, -0.2) is 44.7 Å². The van der Waals surface area contributed by atoms with Crippen LogP contribution in [0.15, 0.2) is 0 Å². The minimum atomic E-state index is 0.300. The molecule has 3 atom stereocenters. The Kier molecular flexibility index (Phi) is 3.94. The first-order chi connectivity index (χ1) is 7.13. The Morgan fingerprint density at radius 1 is 1.27 bits per heavy atom. The van der Waals surface area contributed by atoms with Crippen LogP contribution in [0.1, 0.15) is 27.2 Å². The fraction of sp³-hybridized carbons (Fsp3) is 1.00. The van der Waals surface area contributed by atoms with Gasteiger partial charge < -0.3 is 0 Å². The van der Waals surface area contributed by atoms with Gasteiger partial charge in [0, 0.05) is 0 Å². The van der Waals surface area contributed by atoms with E-state index in [2.05, 4.69) is 33.7 Å². The molecule has 0 N–H and O–H groups in total. The first kappa shape index (κ1) is 12.1. The molecule has 90 valence electrons. The molecule has 1 aliphatic carbocycles. The Hall–Kier alpha value is 0.650. The van der Waals surface area contributed by atoms with Crippen molar-refractivity contribution in [1.29, 1.82) is 0 Å². The molecule has 0 aromatic rings. The summed E-state index contributed by atoms with van der Waals surface area (Å²) in [4.78, 5) is 5.09. The Labute approximate surface area is 105 Å². The van der Waals surface area contributed by atoms with Gasteiger partial charge in [0.25, 0.3) is 0 Å². The van der Waals surface area contributed by atoms with Gasteiger partial charge in [-0.25, -0.2) is 0 Å². The number of rotatable bonds is 3. The molecule has 0 aromatic heterocycles. The van der Waals surface area contributed by atoms with Crippen molar-refractivity contribution in [2.75, 3.05) is 24.6 Å². The zero-order chi connectivity index (χ0) is 11.0. The molecule has 0 spiro atoms. The van der Waals surface area contributed by atoms with Crippen LogP contribution in [0.25, 0.3) is 0 Å². The second kappa shape index (κ2) is 4.88. The van der Waals surface area contributed by atoms with Gasteiger partial charge in [-0.1, -0.05) is 0 Å². The maximum atomic E-state index is 2.81. The first-order valence-electron chi connectivity index (χ1n) is 6.14. The summed E-state index contributed by atoms with van der Waals surface area (Å²) in [6.45, 7) is 11.1. The zero-order valence-corrected chi connectivity index (χ0v) is 12.6. The molecular weight excluding hydrogens is 299 g/mol. The average Bonchev–Trinajstić information content (AvgIpc) is 2.94. The Morgan fingerprint density at radius 2 is 1.93 bits per heavy atom. The Balaban J connectivity index is 1.96. The number of halogens is 1. The van der Waals surface area contributed by atoms with Crippen molar-refractivity contribution in [1.82, 2.24) is 8.01 Å². The van der Waals surface area contributed by atoms with Crippen LogP contribution in [0, 0.1) is 11.8 Å². The van der Waals surface area contributed by atoms with E-state index in [1.165, 1.54) is 26.1 Å². The molecule has 1 saturated carbocycles. The van der Waals surface area contributed by atoms with Crippen molar-refractivity contribution >= 4 is 0 Å². The summed E-state index contributed by atoms with van der Waals surface area (Å²) in [5.74, 6) is 2.02. The number of hydrogen-bond donors (Lipinski definition) is 0. The van der Waals surface area contributed by atoms with Gasteiger partial charge >= 0.3 is 105 Å². The van der Waals surface area contributed by atoms with E-state index in [0.29, 0.717) is 21.5 Å². The summed E-state index contributed by atoms with van der Waals surface area (Å²) in [5, 5.41) is 0. The van der Waals surface area contributed by atoms with Gasteiger partial charge in [-0.05, 0) is 0 Å². The van der Waals surface area contributed by atoms with Crippen LogP contribution >= 0.6 is 0 Å². The van der Waals surface area contributed by atoms with Gasteiger partial charge in [0.2, 0.25) is 0 Å². The standard InChI is InChI=1S/C12H24IN2/c1-9(2)14-5-6-15(13-4)12(8-14)11-7-10(11)3/h9-12H,5-8H2,1-4H3/q-1. The number of nitrogens with zero attached hydrogens (tertiary/aromatic N) is 2. The van der Waals surface area contributed by atoms with E-state index in [0.717, 1.165) is 23.9 Å². The van der Waals surface area contributed by atoms with Gasteiger partial charge in [-0.15, -0.1) is 0 Å². The van der Waals surface area contributed by atoms with E-state index in [4.69, 9.17) is 0 Å². The van der Waals surface area contributed by atoms with Crippen LogP contribution in [-0.2, 0) is 0 Å². The third-order valence-electron chi connectivity index (χ3n) is 4.00. The van der Waals surface area contributed by atoms with Gasteiger partial charge in [0.15, 0.2) is 0 Å². The second-order valence-corrected chi connectivity index (χ2v) is 7.53. The van der Waals surface area contributed by atoms with E-state index in [9.17, 15) is 0 Å². The molecule has 0 amide bonds. The van der Waals surface area contributed by atoms with Crippen LogP contribution in [0.2, 0.25) is 0 Å².